The first-order valence-electron chi connectivity index (χ1n) is 6.35. The average Bonchev–Trinajstić information content (AvgIpc) is 2.40. The Kier molecular flexibility index (Phi) is 9.48. The number of unbranched alkanes of at least 4 members (excludes halogenated alkanes) is 1. The lowest BCUT2D eigenvalue weighted by Crippen LogP contribution is -2.39. The van der Waals surface area contributed by atoms with Crippen LogP contribution in [0.4, 0.5) is 0 Å². The van der Waals surface area contributed by atoms with Crippen molar-refractivity contribution in [1.82, 2.24) is 0 Å². The van der Waals surface area contributed by atoms with E-state index in [9.17, 15) is 9.59 Å². The standard InChI is InChI=1S/C12H21N3O4/c1-4-6-7-9(16)11(12(17)19-5-2)10(18-3)8-14-15-13/h10-11H,4-8H2,1-3H3. The molecule has 7 nitrogen and oxygen atoms in total. The zero-order valence-corrected chi connectivity index (χ0v) is 11.7. The van der Waals surface area contributed by atoms with Crippen molar-refractivity contribution in [1.29, 1.82) is 0 Å². The number of Topliss-reactive ketones (excluding diaryl/α,β-unsaturated/α-hetero) is 1. The van der Waals surface area contributed by atoms with E-state index in [0.717, 1.165) is 6.42 Å². The van der Waals surface area contributed by atoms with E-state index in [0.29, 0.717) is 6.42 Å². The summed E-state index contributed by atoms with van der Waals surface area (Å²) < 4.78 is 9.99. The first-order chi connectivity index (χ1) is 9.12. The largest absolute Gasteiger partial charge is 0.465 e. The molecule has 108 valence electrons. The molecule has 0 saturated carbocycles. The van der Waals surface area contributed by atoms with Crippen LogP contribution in [0, 0.1) is 5.92 Å². The molecule has 7 heteroatoms. The second-order valence-corrected chi connectivity index (χ2v) is 3.99. The maximum atomic E-state index is 12.1. The number of rotatable bonds is 10. The highest BCUT2D eigenvalue weighted by Crippen LogP contribution is 2.16. The molecule has 0 heterocycles. The number of hydrogen-bond donors (Lipinski definition) is 0. The molecule has 0 aromatic rings. The minimum atomic E-state index is -1.03. The second-order valence-electron chi connectivity index (χ2n) is 3.99. The molecule has 0 rings (SSSR count). The summed E-state index contributed by atoms with van der Waals surface area (Å²) >= 11 is 0. The third-order valence-electron chi connectivity index (χ3n) is 2.66. The van der Waals surface area contributed by atoms with E-state index in [1.165, 1.54) is 7.11 Å². The highest BCUT2D eigenvalue weighted by atomic mass is 16.5. The Morgan fingerprint density at radius 2 is 2.05 bits per heavy atom. The van der Waals surface area contributed by atoms with Gasteiger partial charge in [0.2, 0.25) is 0 Å². The third-order valence-corrected chi connectivity index (χ3v) is 2.66. The fraction of sp³-hybridized carbons (Fsp3) is 0.833. The van der Waals surface area contributed by atoms with Crippen LogP contribution in [0.15, 0.2) is 5.11 Å². The SMILES string of the molecule is CCCCC(=O)C(C(=O)OCC)C(CN=[N+]=[N-])OC. The van der Waals surface area contributed by atoms with Crippen molar-refractivity contribution >= 4 is 11.8 Å². The van der Waals surface area contributed by atoms with Gasteiger partial charge in [0.25, 0.3) is 0 Å². The van der Waals surface area contributed by atoms with Gasteiger partial charge in [0.05, 0.1) is 19.3 Å². The van der Waals surface area contributed by atoms with E-state index in [1.54, 1.807) is 6.92 Å². The predicted molar refractivity (Wildman–Crippen MR) is 69.5 cm³/mol. The van der Waals surface area contributed by atoms with Crippen LogP contribution in [0.3, 0.4) is 0 Å². The molecule has 0 fully saturated rings. The van der Waals surface area contributed by atoms with Gasteiger partial charge in [0, 0.05) is 18.4 Å². The van der Waals surface area contributed by atoms with Gasteiger partial charge in [0.15, 0.2) is 0 Å². The van der Waals surface area contributed by atoms with Crippen molar-refractivity contribution in [2.75, 3.05) is 20.3 Å². The van der Waals surface area contributed by atoms with Crippen molar-refractivity contribution in [3.63, 3.8) is 0 Å². The van der Waals surface area contributed by atoms with Crippen molar-refractivity contribution < 1.29 is 19.1 Å². The molecule has 2 atom stereocenters. The summed E-state index contributed by atoms with van der Waals surface area (Å²) in [5.74, 6) is -1.88. The molecule has 0 N–H and O–H groups in total. The summed E-state index contributed by atoms with van der Waals surface area (Å²) in [7, 11) is 1.37. The molecule has 0 aliphatic carbocycles. The van der Waals surface area contributed by atoms with Crippen molar-refractivity contribution in [3.8, 4) is 0 Å². The second kappa shape index (κ2) is 10.3. The Morgan fingerprint density at radius 1 is 1.37 bits per heavy atom. The van der Waals surface area contributed by atoms with Crippen molar-refractivity contribution in [3.05, 3.63) is 10.4 Å². The van der Waals surface area contributed by atoms with Crippen LogP contribution >= 0.6 is 0 Å². The summed E-state index contributed by atoms with van der Waals surface area (Å²) in [6.45, 7) is 3.74. The summed E-state index contributed by atoms with van der Waals surface area (Å²) in [5, 5.41) is 3.36. The Labute approximate surface area is 112 Å². The average molecular weight is 271 g/mol. The minimum Gasteiger partial charge on any atom is -0.465 e. The fourth-order valence-corrected chi connectivity index (χ4v) is 1.66. The van der Waals surface area contributed by atoms with Crippen LogP contribution in [0.5, 0.6) is 0 Å². The fourth-order valence-electron chi connectivity index (χ4n) is 1.66. The molecule has 0 aliphatic rings. The molecule has 0 aromatic heterocycles. The van der Waals surface area contributed by atoms with Crippen molar-refractivity contribution in [2.24, 2.45) is 11.0 Å². The third kappa shape index (κ3) is 6.22. The molecule has 0 aliphatic heterocycles. The lowest BCUT2D eigenvalue weighted by Gasteiger charge is -2.22. The van der Waals surface area contributed by atoms with Gasteiger partial charge in [-0.15, -0.1) is 0 Å². The molecule has 0 amide bonds. The molecule has 0 spiro atoms. The predicted octanol–water partition coefficient (Wildman–Crippen LogP) is 2.25. The highest BCUT2D eigenvalue weighted by Gasteiger charge is 2.35. The summed E-state index contributed by atoms with van der Waals surface area (Å²) in [5.41, 5.74) is 8.32. The van der Waals surface area contributed by atoms with E-state index in [2.05, 4.69) is 10.0 Å². The van der Waals surface area contributed by atoms with Gasteiger partial charge < -0.3 is 9.47 Å². The number of hydrogen-bond acceptors (Lipinski definition) is 5. The lowest BCUT2D eigenvalue weighted by atomic mass is 9.93. The smallest absolute Gasteiger partial charge is 0.319 e. The normalized spacial score (nSPS) is 13.2. The van der Waals surface area contributed by atoms with Crippen LogP contribution in [0.2, 0.25) is 0 Å². The first kappa shape index (κ1) is 17.4. The van der Waals surface area contributed by atoms with Gasteiger partial charge in [-0.05, 0) is 18.9 Å². The number of carbonyl (C=O) groups excluding carboxylic acids is 2. The number of ether oxygens (including phenoxy) is 2. The molecule has 0 saturated heterocycles. The van der Waals surface area contributed by atoms with Gasteiger partial charge in [-0.2, -0.15) is 0 Å². The number of ketones is 1. The van der Waals surface area contributed by atoms with Gasteiger partial charge in [-0.25, -0.2) is 0 Å². The number of azide groups is 1. The summed E-state index contributed by atoms with van der Waals surface area (Å²) in [6.07, 6.45) is 1.07. The molecule has 0 radical (unpaired) electrons. The van der Waals surface area contributed by atoms with Crippen LogP contribution in [-0.4, -0.2) is 38.1 Å². The van der Waals surface area contributed by atoms with Crippen molar-refractivity contribution in [2.45, 2.75) is 39.2 Å². The minimum absolute atomic E-state index is 0.0751. The van der Waals surface area contributed by atoms with Crippen LogP contribution < -0.4 is 0 Å². The quantitative estimate of drug-likeness (QED) is 0.200. The lowest BCUT2D eigenvalue weighted by molar-refractivity contribution is -0.157. The Hall–Kier alpha value is -1.59. The summed E-state index contributed by atoms with van der Waals surface area (Å²) in [6, 6.07) is 0. The van der Waals surface area contributed by atoms with E-state index in [4.69, 9.17) is 15.0 Å². The molecule has 0 bridgehead atoms. The zero-order chi connectivity index (χ0) is 14.7. The van der Waals surface area contributed by atoms with Crippen LogP contribution in [0.25, 0.3) is 10.4 Å². The van der Waals surface area contributed by atoms with E-state index in [-0.39, 0.29) is 25.4 Å². The number of carbonyl (C=O) groups is 2. The molecule has 2 unspecified atom stereocenters. The molecular formula is C12H21N3O4. The Morgan fingerprint density at radius 3 is 2.53 bits per heavy atom. The highest BCUT2D eigenvalue weighted by molar-refractivity contribution is 5.99. The molecular weight excluding hydrogens is 250 g/mol. The van der Waals surface area contributed by atoms with Crippen LogP contribution in [0.1, 0.15) is 33.1 Å². The summed E-state index contributed by atoms with van der Waals surface area (Å²) in [4.78, 5) is 26.5. The topological polar surface area (TPSA) is 101 Å². The Balaban J connectivity index is 4.94. The maximum absolute atomic E-state index is 12.1. The first-order valence-corrected chi connectivity index (χ1v) is 6.35. The van der Waals surface area contributed by atoms with Gasteiger partial charge in [-0.1, -0.05) is 18.5 Å². The molecule has 0 aromatic carbocycles. The maximum Gasteiger partial charge on any atom is 0.319 e. The van der Waals surface area contributed by atoms with Gasteiger partial charge >= 0.3 is 5.97 Å². The van der Waals surface area contributed by atoms with E-state index in [1.807, 2.05) is 6.92 Å². The Bertz CT molecular complexity index is 340. The van der Waals surface area contributed by atoms with Gasteiger partial charge in [-0.3, -0.25) is 9.59 Å². The van der Waals surface area contributed by atoms with Gasteiger partial charge in [0.1, 0.15) is 11.7 Å². The van der Waals surface area contributed by atoms with E-state index < -0.39 is 18.0 Å². The number of methoxy groups -OCH3 is 1. The van der Waals surface area contributed by atoms with E-state index >= 15 is 0 Å². The number of esters is 1. The number of nitrogens with zero attached hydrogens (tertiary/aromatic N) is 3. The van der Waals surface area contributed by atoms with Crippen LogP contribution in [-0.2, 0) is 19.1 Å². The zero-order valence-electron chi connectivity index (χ0n) is 11.7. The molecule has 19 heavy (non-hydrogen) atoms. The monoisotopic (exact) mass is 271 g/mol.